The van der Waals surface area contributed by atoms with Crippen LogP contribution in [0.3, 0.4) is 0 Å². The van der Waals surface area contributed by atoms with Gasteiger partial charge in [0.1, 0.15) is 5.78 Å². The van der Waals surface area contributed by atoms with Crippen LogP contribution < -0.4 is 0 Å². The minimum absolute atomic E-state index is 0.0207. The molecule has 2 heterocycles. The van der Waals surface area contributed by atoms with Gasteiger partial charge in [-0.15, -0.1) is 0 Å². The van der Waals surface area contributed by atoms with Gasteiger partial charge in [-0.2, -0.15) is 5.10 Å². The number of aliphatic imine (C=N–C) groups is 1. The summed E-state index contributed by atoms with van der Waals surface area (Å²) in [6.45, 7) is 8.40. The minimum atomic E-state index is -0.149. The molecule has 1 aromatic heterocycles. The standard InChI is InChI=1S/C20H23N3O/c1-11-5-7-13(8-6-11)17-16-12(2)22-23-19(16)21-14-9-20(3,4)10-15(24)18(14)17/h5-8,17-18H,9-10H2,1-4H3,(H,22,23). The van der Waals surface area contributed by atoms with E-state index in [1.54, 1.807) is 0 Å². The number of fused-ring (bicyclic) bond motifs is 2. The highest BCUT2D eigenvalue weighted by atomic mass is 16.1. The third-order valence-corrected chi connectivity index (χ3v) is 5.32. The summed E-state index contributed by atoms with van der Waals surface area (Å²) in [6, 6.07) is 8.53. The van der Waals surface area contributed by atoms with Gasteiger partial charge in [0.05, 0.1) is 5.92 Å². The van der Waals surface area contributed by atoms with E-state index in [1.807, 2.05) is 6.92 Å². The second kappa shape index (κ2) is 5.13. The first-order chi connectivity index (χ1) is 11.4. The first-order valence-electron chi connectivity index (χ1n) is 8.57. The van der Waals surface area contributed by atoms with Gasteiger partial charge in [-0.1, -0.05) is 43.7 Å². The predicted molar refractivity (Wildman–Crippen MR) is 95.0 cm³/mol. The molecule has 0 bridgehead atoms. The molecule has 1 fully saturated rings. The van der Waals surface area contributed by atoms with Crippen molar-refractivity contribution in [2.45, 2.75) is 46.5 Å². The summed E-state index contributed by atoms with van der Waals surface area (Å²) in [4.78, 5) is 17.8. The molecule has 1 aromatic carbocycles. The molecule has 0 spiro atoms. The number of hydrogen-bond donors (Lipinski definition) is 1. The molecular weight excluding hydrogens is 298 g/mol. The van der Waals surface area contributed by atoms with E-state index in [2.05, 4.69) is 55.2 Å². The van der Waals surface area contributed by atoms with Crippen LogP contribution in [0.5, 0.6) is 0 Å². The summed E-state index contributed by atoms with van der Waals surface area (Å²) in [7, 11) is 0. The summed E-state index contributed by atoms with van der Waals surface area (Å²) in [6.07, 6.45) is 1.47. The Balaban J connectivity index is 1.90. The Morgan fingerprint density at radius 2 is 1.79 bits per heavy atom. The molecule has 2 aliphatic rings. The minimum Gasteiger partial charge on any atom is -0.299 e. The molecule has 1 saturated carbocycles. The lowest BCUT2D eigenvalue weighted by atomic mass is 9.64. The molecule has 24 heavy (non-hydrogen) atoms. The molecule has 2 aromatic rings. The van der Waals surface area contributed by atoms with E-state index in [1.165, 1.54) is 11.1 Å². The summed E-state index contributed by atoms with van der Waals surface area (Å²) in [5.41, 5.74) is 5.48. The SMILES string of the molecule is Cc1ccc(C2c3c(n[nH]c3C)N=C3CC(C)(C)CC(=O)C32)cc1. The van der Waals surface area contributed by atoms with Crippen molar-refractivity contribution in [3.63, 3.8) is 0 Å². The molecule has 2 unspecified atom stereocenters. The van der Waals surface area contributed by atoms with Crippen molar-refractivity contribution in [2.75, 3.05) is 0 Å². The molecule has 4 nitrogen and oxygen atoms in total. The maximum atomic E-state index is 13.0. The number of hydrogen-bond acceptors (Lipinski definition) is 3. The number of H-pyrrole nitrogens is 1. The van der Waals surface area contributed by atoms with E-state index >= 15 is 0 Å². The van der Waals surface area contributed by atoms with E-state index in [0.29, 0.717) is 12.2 Å². The Kier molecular flexibility index (Phi) is 3.27. The van der Waals surface area contributed by atoms with Gasteiger partial charge in [-0.05, 0) is 31.2 Å². The lowest BCUT2D eigenvalue weighted by molar-refractivity contribution is -0.124. The summed E-state index contributed by atoms with van der Waals surface area (Å²) in [5, 5.41) is 7.46. The quantitative estimate of drug-likeness (QED) is 0.853. The zero-order valence-electron chi connectivity index (χ0n) is 14.7. The third-order valence-electron chi connectivity index (χ3n) is 5.32. The maximum Gasteiger partial charge on any atom is 0.177 e. The molecule has 2 atom stereocenters. The van der Waals surface area contributed by atoms with Crippen molar-refractivity contribution in [2.24, 2.45) is 16.3 Å². The summed E-state index contributed by atoms with van der Waals surface area (Å²) < 4.78 is 0. The van der Waals surface area contributed by atoms with Crippen LogP contribution in [0.4, 0.5) is 5.82 Å². The van der Waals surface area contributed by atoms with Gasteiger partial charge >= 0.3 is 0 Å². The smallest absolute Gasteiger partial charge is 0.177 e. The van der Waals surface area contributed by atoms with Gasteiger partial charge in [0.15, 0.2) is 5.82 Å². The number of carbonyl (C=O) groups excluding carboxylic acids is 1. The van der Waals surface area contributed by atoms with Gasteiger partial charge < -0.3 is 0 Å². The van der Waals surface area contributed by atoms with Gasteiger partial charge in [0.25, 0.3) is 0 Å². The Bertz CT molecular complexity index is 842. The molecule has 4 heteroatoms. The van der Waals surface area contributed by atoms with Crippen molar-refractivity contribution in [3.05, 3.63) is 46.6 Å². The highest BCUT2D eigenvalue weighted by Crippen LogP contribution is 2.49. The van der Waals surface area contributed by atoms with Crippen molar-refractivity contribution >= 4 is 17.3 Å². The third kappa shape index (κ3) is 2.32. The summed E-state index contributed by atoms with van der Waals surface area (Å²) >= 11 is 0. The van der Waals surface area contributed by atoms with E-state index in [0.717, 1.165) is 29.2 Å². The van der Waals surface area contributed by atoms with Crippen LogP contribution in [0.1, 0.15) is 55.0 Å². The van der Waals surface area contributed by atoms with Crippen LogP contribution in [0, 0.1) is 25.2 Å². The number of rotatable bonds is 1. The van der Waals surface area contributed by atoms with Crippen LogP contribution in [-0.4, -0.2) is 21.7 Å². The fourth-order valence-corrected chi connectivity index (χ4v) is 4.24. The van der Waals surface area contributed by atoms with Crippen molar-refractivity contribution in [1.29, 1.82) is 0 Å². The largest absolute Gasteiger partial charge is 0.299 e. The Morgan fingerprint density at radius 1 is 1.08 bits per heavy atom. The number of benzene rings is 1. The molecular formula is C20H23N3O. The molecule has 1 aliphatic carbocycles. The van der Waals surface area contributed by atoms with E-state index in [9.17, 15) is 4.79 Å². The van der Waals surface area contributed by atoms with Gasteiger partial charge in [-0.3, -0.25) is 9.89 Å². The molecule has 0 radical (unpaired) electrons. The molecule has 1 aliphatic heterocycles. The maximum absolute atomic E-state index is 13.0. The van der Waals surface area contributed by atoms with E-state index < -0.39 is 0 Å². The average molecular weight is 321 g/mol. The Labute approximate surface area is 142 Å². The van der Waals surface area contributed by atoms with Crippen LogP contribution in [0.25, 0.3) is 0 Å². The van der Waals surface area contributed by atoms with Crippen molar-refractivity contribution in [3.8, 4) is 0 Å². The van der Waals surface area contributed by atoms with Gasteiger partial charge in [0, 0.05) is 29.3 Å². The zero-order chi connectivity index (χ0) is 17.1. The fraction of sp³-hybridized carbons (Fsp3) is 0.450. The predicted octanol–water partition coefficient (Wildman–Crippen LogP) is 4.25. The van der Waals surface area contributed by atoms with Crippen molar-refractivity contribution in [1.82, 2.24) is 10.2 Å². The van der Waals surface area contributed by atoms with Gasteiger partial charge in [0.2, 0.25) is 0 Å². The second-order valence-corrected chi connectivity index (χ2v) is 8.04. The van der Waals surface area contributed by atoms with Crippen LogP contribution >= 0.6 is 0 Å². The van der Waals surface area contributed by atoms with Crippen LogP contribution in [-0.2, 0) is 4.79 Å². The molecule has 1 N–H and O–H groups in total. The molecule has 0 amide bonds. The second-order valence-electron chi connectivity index (χ2n) is 8.04. The summed E-state index contributed by atoms with van der Waals surface area (Å²) in [5.74, 6) is 0.941. The lowest BCUT2D eigenvalue weighted by Crippen LogP contribution is -2.42. The zero-order valence-corrected chi connectivity index (χ0v) is 14.7. The molecule has 0 saturated heterocycles. The fourth-order valence-electron chi connectivity index (χ4n) is 4.24. The highest BCUT2D eigenvalue weighted by Gasteiger charge is 2.46. The van der Waals surface area contributed by atoms with Crippen LogP contribution in [0.15, 0.2) is 29.3 Å². The number of aromatic amines is 1. The highest BCUT2D eigenvalue weighted by molar-refractivity contribution is 6.11. The Morgan fingerprint density at radius 3 is 2.50 bits per heavy atom. The number of aromatic nitrogens is 2. The molecule has 4 rings (SSSR count). The number of aryl methyl sites for hydroxylation is 2. The molecule has 124 valence electrons. The number of ketones is 1. The van der Waals surface area contributed by atoms with E-state index in [-0.39, 0.29) is 17.3 Å². The number of carbonyl (C=O) groups is 1. The van der Waals surface area contributed by atoms with Gasteiger partial charge in [-0.25, -0.2) is 4.99 Å². The van der Waals surface area contributed by atoms with Crippen LogP contribution in [0.2, 0.25) is 0 Å². The first-order valence-corrected chi connectivity index (χ1v) is 8.57. The van der Waals surface area contributed by atoms with Crippen molar-refractivity contribution < 1.29 is 4.79 Å². The number of Topliss-reactive ketones (excluding diaryl/α,β-unsaturated/α-hetero) is 1. The monoisotopic (exact) mass is 321 g/mol. The number of nitrogens with one attached hydrogen (secondary N) is 1. The lowest BCUT2D eigenvalue weighted by Gasteiger charge is -2.40. The number of nitrogens with zero attached hydrogens (tertiary/aromatic N) is 2. The average Bonchev–Trinajstić information content (AvgIpc) is 2.86. The van der Waals surface area contributed by atoms with E-state index in [4.69, 9.17) is 4.99 Å². The topological polar surface area (TPSA) is 58.1 Å². The first kappa shape index (κ1) is 15.3. The Hall–Kier alpha value is -2.23. The normalized spacial score (nSPS) is 25.0.